The normalized spacial score (nSPS) is 15.7. The Morgan fingerprint density at radius 1 is 1.11 bits per heavy atom. The van der Waals surface area contributed by atoms with Crippen LogP contribution in [0.15, 0.2) is 11.2 Å². The number of hydrogen-bond donors (Lipinski definition) is 3. The molecule has 1 heterocycles. The Balaban J connectivity index is 1.54. The molecule has 0 fully saturated rings. The first-order chi connectivity index (χ1) is 13.1. The van der Waals surface area contributed by atoms with Gasteiger partial charge in [0.1, 0.15) is 0 Å². The van der Waals surface area contributed by atoms with E-state index in [0.717, 1.165) is 37.9 Å². The summed E-state index contributed by atoms with van der Waals surface area (Å²) in [5, 5.41) is 13.2. The van der Waals surface area contributed by atoms with Gasteiger partial charge in [0.25, 0.3) is 0 Å². The van der Waals surface area contributed by atoms with Crippen LogP contribution in [0.3, 0.4) is 0 Å². The number of rotatable bonds is 8. The molecule has 3 N–H and O–H groups in total. The zero-order valence-electron chi connectivity index (χ0n) is 15.8. The molecule has 7 nitrogen and oxygen atoms in total. The molecular weight excluding hydrogens is 362 g/mol. The predicted molar refractivity (Wildman–Crippen MR) is 105 cm³/mol. The van der Waals surface area contributed by atoms with Crippen LogP contribution in [0.4, 0.5) is 11.6 Å². The molecule has 8 heteroatoms. The van der Waals surface area contributed by atoms with Gasteiger partial charge in [0, 0.05) is 5.69 Å². The Labute approximate surface area is 160 Å². The third-order valence-electron chi connectivity index (χ3n) is 5.49. The van der Waals surface area contributed by atoms with Crippen LogP contribution in [0, 0.1) is 0 Å². The van der Waals surface area contributed by atoms with Crippen LogP contribution in [-0.4, -0.2) is 42.4 Å². The van der Waals surface area contributed by atoms with Gasteiger partial charge in [-0.3, -0.25) is 0 Å². The zero-order valence-corrected chi connectivity index (χ0v) is 16.6. The van der Waals surface area contributed by atoms with Gasteiger partial charge in [0.05, 0.1) is 5.75 Å². The first-order valence-electron chi connectivity index (χ1n) is 9.88. The van der Waals surface area contributed by atoms with Crippen molar-refractivity contribution in [3.05, 3.63) is 28.3 Å². The zero-order chi connectivity index (χ0) is 18.9. The van der Waals surface area contributed by atoms with Gasteiger partial charge in [0.15, 0.2) is 0 Å². The lowest BCUT2D eigenvalue weighted by Gasteiger charge is -2.15. The Hall–Kier alpha value is -1.93. The monoisotopic (exact) mass is 389 g/mol. The van der Waals surface area contributed by atoms with Crippen molar-refractivity contribution in [3.8, 4) is 0 Å². The van der Waals surface area contributed by atoms with Crippen molar-refractivity contribution in [2.45, 2.75) is 57.0 Å². The number of aromatic amines is 1. The van der Waals surface area contributed by atoms with E-state index in [1.165, 1.54) is 35.1 Å². The van der Waals surface area contributed by atoms with Gasteiger partial charge in [-0.05, 0) is 80.3 Å². The fourth-order valence-electron chi connectivity index (χ4n) is 4.18. The maximum Gasteiger partial charge on any atom is 0.247 e. The van der Waals surface area contributed by atoms with E-state index < -0.39 is 9.84 Å². The number of fused-ring (bicyclic) bond motifs is 2. The van der Waals surface area contributed by atoms with E-state index >= 15 is 0 Å². The summed E-state index contributed by atoms with van der Waals surface area (Å²) in [4.78, 5) is 4.24. The Morgan fingerprint density at radius 2 is 1.81 bits per heavy atom. The van der Waals surface area contributed by atoms with Gasteiger partial charge < -0.3 is 10.6 Å². The van der Waals surface area contributed by atoms with Crippen LogP contribution < -0.4 is 10.6 Å². The van der Waals surface area contributed by atoms with E-state index in [0.29, 0.717) is 18.9 Å². The second kappa shape index (κ2) is 7.59. The summed E-state index contributed by atoms with van der Waals surface area (Å²) < 4.78 is 24.9. The highest BCUT2D eigenvalue weighted by Gasteiger charge is 2.25. The molecule has 1 aromatic heterocycles. The number of aryl methyl sites for hydroxylation is 2. The first-order valence-corrected chi connectivity index (χ1v) is 11.5. The SMILES string of the molecule is CCNCCCS(=O)(=O)c1nc(Nc2c3c(cc4c2CCC4)CCC3)n[nH]1. The van der Waals surface area contributed by atoms with Crippen LogP contribution in [-0.2, 0) is 35.5 Å². The van der Waals surface area contributed by atoms with Crippen molar-refractivity contribution in [2.24, 2.45) is 0 Å². The quantitative estimate of drug-likeness (QED) is 0.599. The van der Waals surface area contributed by atoms with Gasteiger partial charge in [-0.2, -0.15) is 4.98 Å². The van der Waals surface area contributed by atoms with Crippen molar-refractivity contribution in [1.82, 2.24) is 20.5 Å². The molecule has 0 amide bonds. The standard InChI is InChI=1S/C19H27N5O2S/c1-2-20-10-5-11-27(25,26)19-22-18(23-24-19)21-17-15-8-3-6-13(15)12-14-7-4-9-16(14)17/h12,20H,2-11H2,1H3,(H2,21,22,23,24). The number of hydrogen-bond acceptors (Lipinski definition) is 6. The van der Waals surface area contributed by atoms with Gasteiger partial charge in [-0.15, -0.1) is 5.10 Å². The minimum absolute atomic E-state index is 0.0503. The van der Waals surface area contributed by atoms with E-state index in [4.69, 9.17) is 0 Å². The van der Waals surface area contributed by atoms with Gasteiger partial charge in [-0.1, -0.05) is 13.0 Å². The van der Waals surface area contributed by atoms with E-state index in [2.05, 4.69) is 31.9 Å². The molecule has 0 unspecified atom stereocenters. The molecule has 0 atom stereocenters. The molecule has 0 saturated heterocycles. The molecule has 2 aromatic rings. The maximum atomic E-state index is 12.4. The lowest BCUT2D eigenvalue weighted by molar-refractivity contribution is 0.582. The Bertz CT molecular complexity index is 904. The summed E-state index contributed by atoms with van der Waals surface area (Å²) in [7, 11) is -3.44. The third-order valence-corrected chi connectivity index (χ3v) is 7.08. The smallest absolute Gasteiger partial charge is 0.247 e. The van der Waals surface area contributed by atoms with E-state index in [1.54, 1.807) is 0 Å². The second-order valence-corrected chi connectivity index (χ2v) is 9.37. The van der Waals surface area contributed by atoms with Crippen molar-refractivity contribution < 1.29 is 8.42 Å². The summed E-state index contributed by atoms with van der Waals surface area (Å²) in [6, 6.07) is 2.37. The number of H-pyrrole nitrogens is 1. The molecule has 0 aliphatic heterocycles. The molecule has 27 heavy (non-hydrogen) atoms. The molecule has 146 valence electrons. The number of nitrogens with zero attached hydrogens (tertiary/aromatic N) is 2. The average Bonchev–Trinajstić information content (AvgIpc) is 3.38. The third kappa shape index (κ3) is 3.73. The maximum absolute atomic E-state index is 12.4. The lowest BCUT2D eigenvalue weighted by Crippen LogP contribution is -2.18. The van der Waals surface area contributed by atoms with E-state index in [1.807, 2.05) is 6.92 Å². The molecule has 0 saturated carbocycles. The van der Waals surface area contributed by atoms with Crippen LogP contribution >= 0.6 is 0 Å². The topological polar surface area (TPSA) is 99.8 Å². The molecule has 0 bridgehead atoms. The summed E-state index contributed by atoms with van der Waals surface area (Å²) in [5.74, 6) is 0.403. The average molecular weight is 390 g/mol. The molecule has 2 aliphatic carbocycles. The summed E-state index contributed by atoms with van der Waals surface area (Å²) in [6.45, 7) is 3.51. The largest absolute Gasteiger partial charge is 0.322 e. The highest BCUT2D eigenvalue weighted by atomic mass is 32.2. The Morgan fingerprint density at radius 3 is 2.48 bits per heavy atom. The van der Waals surface area contributed by atoms with Crippen LogP contribution in [0.25, 0.3) is 0 Å². The number of aromatic nitrogens is 3. The summed E-state index contributed by atoms with van der Waals surface area (Å²) in [6.07, 6.45) is 7.27. The first kappa shape index (κ1) is 18.4. The molecular formula is C19H27N5O2S. The van der Waals surface area contributed by atoms with E-state index in [-0.39, 0.29) is 10.9 Å². The van der Waals surface area contributed by atoms with Crippen molar-refractivity contribution in [1.29, 1.82) is 0 Å². The lowest BCUT2D eigenvalue weighted by atomic mass is 9.99. The molecule has 2 aliphatic rings. The van der Waals surface area contributed by atoms with Gasteiger partial charge in [0.2, 0.25) is 20.9 Å². The van der Waals surface area contributed by atoms with Crippen LogP contribution in [0.1, 0.15) is 48.4 Å². The van der Waals surface area contributed by atoms with Crippen LogP contribution in [0.2, 0.25) is 0 Å². The predicted octanol–water partition coefficient (Wildman–Crippen LogP) is 2.30. The number of benzene rings is 1. The number of nitrogens with one attached hydrogen (secondary N) is 3. The number of sulfone groups is 1. The Kier molecular flexibility index (Phi) is 5.19. The molecule has 1 aromatic carbocycles. The fraction of sp³-hybridized carbons (Fsp3) is 0.579. The van der Waals surface area contributed by atoms with Crippen LogP contribution in [0.5, 0.6) is 0 Å². The van der Waals surface area contributed by atoms with Crippen molar-refractivity contribution in [2.75, 3.05) is 24.2 Å². The van der Waals surface area contributed by atoms with Crippen molar-refractivity contribution >= 4 is 21.5 Å². The second-order valence-electron chi connectivity index (χ2n) is 7.35. The summed E-state index contributed by atoms with van der Waals surface area (Å²) >= 11 is 0. The minimum atomic E-state index is -3.44. The highest BCUT2D eigenvalue weighted by molar-refractivity contribution is 7.91. The minimum Gasteiger partial charge on any atom is -0.322 e. The highest BCUT2D eigenvalue weighted by Crippen LogP contribution is 2.39. The fourth-order valence-corrected chi connectivity index (χ4v) is 5.31. The van der Waals surface area contributed by atoms with Gasteiger partial charge >= 0.3 is 0 Å². The molecule has 0 radical (unpaired) electrons. The number of anilines is 2. The molecule has 0 spiro atoms. The molecule has 4 rings (SSSR count). The van der Waals surface area contributed by atoms with E-state index in [9.17, 15) is 8.42 Å². The van der Waals surface area contributed by atoms with Gasteiger partial charge in [-0.25, -0.2) is 13.5 Å². The van der Waals surface area contributed by atoms with Crippen molar-refractivity contribution in [3.63, 3.8) is 0 Å². The summed E-state index contributed by atoms with van der Waals surface area (Å²) in [5.41, 5.74) is 6.67.